The number of carbonyl (C=O) groups excluding carboxylic acids is 1. The van der Waals surface area contributed by atoms with Gasteiger partial charge in [-0.1, -0.05) is 12.1 Å². The molecule has 120 valence electrons. The van der Waals surface area contributed by atoms with Crippen LogP contribution in [0.15, 0.2) is 18.2 Å². The number of nitrogens with one attached hydrogen (secondary N) is 1. The van der Waals surface area contributed by atoms with Crippen LogP contribution in [0.2, 0.25) is 0 Å². The Bertz CT molecular complexity index is 566. The summed E-state index contributed by atoms with van der Waals surface area (Å²) < 4.78 is 5.43. The van der Waals surface area contributed by atoms with Crippen molar-refractivity contribution >= 4 is 5.91 Å². The van der Waals surface area contributed by atoms with Crippen molar-refractivity contribution in [2.75, 3.05) is 33.8 Å². The number of hydrogen-bond donors (Lipinski definition) is 1. The van der Waals surface area contributed by atoms with Crippen LogP contribution in [0.5, 0.6) is 5.75 Å². The molecule has 2 fully saturated rings. The average molecular weight is 302 g/mol. The second-order valence-corrected chi connectivity index (χ2v) is 6.73. The van der Waals surface area contributed by atoms with Gasteiger partial charge in [0, 0.05) is 13.1 Å². The van der Waals surface area contributed by atoms with Crippen LogP contribution < -0.4 is 10.1 Å². The van der Waals surface area contributed by atoms with E-state index in [1.54, 1.807) is 7.11 Å². The first-order valence-corrected chi connectivity index (χ1v) is 8.20. The number of methoxy groups -OCH3 is 1. The van der Waals surface area contributed by atoms with Gasteiger partial charge in [0.2, 0.25) is 5.91 Å². The fraction of sp³-hybridized carbons (Fsp3) is 0.611. The molecule has 1 N–H and O–H groups in total. The minimum atomic E-state index is -0.282. The molecule has 1 unspecified atom stereocenters. The van der Waals surface area contributed by atoms with E-state index in [2.05, 4.69) is 28.4 Å². The zero-order chi connectivity index (χ0) is 15.7. The number of amides is 1. The highest BCUT2D eigenvalue weighted by molar-refractivity contribution is 5.91. The minimum Gasteiger partial charge on any atom is -0.496 e. The van der Waals surface area contributed by atoms with Gasteiger partial charge in [0.15, 0.2) is 0 Å². The van der Waals surface area contributed by atoms with Crippen molar-refractivity contribution in [3.63, 3.8) is 0 Å². The van der Waals surface area contributed by atoms with Gasteiger partial charge in [-0.25, -0.2) is 0 Å². The van der Waals surface area contributed by atoms with Crippen molar-refractivity contribution in [3.05, 3.63) is 29.3 Å². The van der Waals surface area contributed by atoms with E-state index in [-0.39, 0.29) is 5.41 Å². The predicted octanol–water partition coefficient (Wildman–Crippen LogP) is 2.10. The summed E-state index contributed by atoms with van der Waals surface area (Å²) >= 11 is 0. The summed E-state index contributed by atoms with van der Waals surface area (Å²) in [7, 11) is 3.67. The summed E-state index contributed by atoms with van der Waals surface area (Å²) in [6, 6.07) is 6.22. The first-order chi connectivity index (χ1) is 10.6. The number of ether oxygens (including phenoxy) is 1. The smallest absolute Gasteiger partial charge is 0.233 e. The zero-order valence-electron chi connectivity index (χ0n) is 13.8. The molecule has 0 aromatic heterocycles. The SMILES string of the molecule is CNCC1CCN(C(=O)C2(c3ccc(C)c(OC)c3)CC2)C1. The number of carbonyl (C=O) groups is 1. The van der Waals surface area contributed by atoms with Gasteiger partial charge < -0.3 is 15.0 Å². The highest BCUT2D eigenvalue weighted by Crippen LogP contribution is 2.51. The maximum absolute atomic E-state index is 13.0. The molecule has 0 bridgehead atoms. The molecule has 0 spiro atoms. The Labute approximate surface area is 132 Å². The molecule has 1 aromatic carbocycles. The molecule has 1 atom stereocenters. The van der Waals surface area contributed by atoms with Gasteiger partial charge in [0.25, 0.3) is 0 Å². The summed E-state index contributed by atoms with van der Waals surface area (Å²) in [6.07, 6.45) is 3.04. The van der Waals surface area contributed by atoms with Crippen molar-refractivity contribution in [1.82, 2.24) is 10.2 Å². The Kier molecular flexibility index (Phi) is 4.13. The fourth-order valence-electron chi connectivity index (χ4n) is 3.64. The number of rotatable bonds is 5. The van der Waals surface area contributed by atoms with E-state index in [4.69, 9.17) is 4.74 Å². The van der Waals surface area contributed by atoms with Crippen molar-refractivity contribution in [2.24, 2.45) is 5.92 Å². The molecule has 1 heterocycles. The second-order valence-electron chi connectivity index (χ2n) is 6.73. The summed E-state index contributed by atoms with van der Waals surface area (Å²) in [5.41, 5.74) is 1.96. The lowest BCUT2D eigenvalue weighted by molar-refractivity contribution is -0.133. The molecule has 1 saturated carbocycles. The lowest BCUT2D eigenvalue weighted by atomic mass is 9.93. The Morgan fingerprint density at radius 1 is 1.45 bits per heavy atom. The van der Waals surface area contributed by atoms with Gasteiger partial charge >= 0.3 is 0 Å². The molecule has 1 amide bonds. The predicted molar refractivity (Wildman–Crippen MR) is 87.3 cm³/mol. The zero-order valence-corrected chi connectivity index (χ0v) is 13.8. The van der Waals surface area contributed by atoms with Gasteiger partial charge in [0.05, 0.1) is 12.5 Å². The van der Waals surface area contributed by atoms with Gasteiger partial charge in [-0.05, 0) is 62.9 Å². The largest absolute Gasteiger partial charge is 0.496 e. The highest BCUT2D eigenvalue weighted by atomic mass is 16.5. The number of hydrogen-bond acceptors (Lipinski definition) is 3. The number of benzene rings is 1. The highest BCUT2D eigenvalue weighted by Gasteiger charge is 2.53. The van der Waals surface area contributed by atoms with Gasteiger partial charge in [0.1, 0.15) is 5.75 Å². The molecular weight excluding hydrogens is 276 g/mol. The molecule has 1 saturated heterocycles. The van der Waals surface area contributed by atoms with Crippen LogP contribution in [0.25, 0.3) is 0 Å². The third kappa shape index (κ3) is 2.60. The number of aryl methyl sites for hydroxylation is 1. The molecule has 22 heavy (non-hydrogen) atoms. The van der Waals surface area contributed by atoms with E-state index in [0.717, 1.165) is 55.8 Å². The first kappa shape index (κ1) is 15.3. The van der Waals surface area contributed by atoms with Crippen molar-refractivity contribution in [2.45, 2.75) is 31.6 Å². The molecule has 0 radical (unpaired) electrons. The minimum absolute atomic E-state index is 0.282. The number of nitrogens with zero attached hydrogens (tertiary/aromatic N) is 1. The van der Waals surface area contributed by atoms with Crippen LogP contribution in [-0.2, 0) is 10.2 Å². The van der Waals surface area contributed by atoms with Gasteiger partial charge in [-0.15, -0.1) is 0 Å². The Morgan fingerprint density at radius 3 is 2.86 bits per heavy atom. The van der Waals surface area contributed by atoms with E-state index in [0.29, 0.717) is 11.8 Å². The van der Waals surface area contributed by atoms with Crippen molar-refractivity contribution in [1.29, 1.82) is 0 Å². The lowest BCUT2D eigenvalue weighted by Crippen LogP contribution is -2.38. The third-order valence-electron chi connectivity index (χ3n) is 5.19. The Morgan fingerprint density at radius 2 is 2.23 bits per heavy atom. The normalized spacial score (nSPS) is 22.7. The van der Waals surface area contributed by atoms with E-state index in [1.807, 2.05) is 14.0 Å². The summed E-state index contributed by atoms with van der Waals surface area (Å²) in [6.45, 7) is 4.82. The lowest BCUT2D eigenvalue weighted by Gasteiger charge is -2.24. The van der Waals surface area contributed by atoms with E-state index in [1.165, 1.54) is 0 Å². The van der Waals surface area contributed by atoms with Gasteiger partial charge in [-0.2, -0.15) is 0 Å². The van der Waals surface area contributed by atoms with Crippen molar-refractivity contribution in [3.8, 4) is 5.75 Å². The van der Waals surface area contributed by atoms with Crippen molar-refractivity contribution < 1.29 is 9.53 Å². The molecule has 1 aromatic rings. The topological polar surface area (TPSA) is 41.6 Å². The van der Waals surface area contributed by atoms with E-state index < -0.39 is 0 Å². The molecule has 1 aliphatic carbocycles. The van der Waals surface area contributed by atoms with Crippen LogP contribution in [-0.4, -0.2) is 44.6 Å². The van der Waals surface area contributed by atoms with Crippen LogP contribution in [0.4, 0.5) is 0 Å². The standard InChI is InChI=1S/C18H26N2O2/c1-13-4-5-15(10-16(13)22-3)18(7-8-18)17(21)20-9-6-14(12-20)11-19-2/h4-5,10,14,19H,6-9,11-12H2,1-3H3. The Balaban J connectivity index is 1.77. The third-order valence-corrected chi connectivity index (χ3v) is 5.19. The van der Waals surface area contributed by atoms with Gasteiger partial charge in [-0.3, -0.25) is 4.79 Å². The summed E-state index contributed by atoms with van der Waals surface area (Å²) in [5.74, 6) is 1.79. The second kappa shape index (κ2) is 5.92. The van der Waals surface area contributed by atoms with Crippen LogP contribution in [0, 0.1) is 12.8 Å². The molecule has 3 rings (SSSR count). The molecule has 4 heteroatoms. The monoisotopic (exact) mass is 302 g/mol. The maximum atomic E-state index is 13.0. The van der Waals surface area contributed by atoms with Crippen LogP contribution >= 0.6 is 0 Å². The maximum Gasteiger partial charge on any atom is 0.233 e. The molecule has 4 nitrogen and oxygen atoms in total. The van der Waals surface area contributed by atoms with E-state index in [9.17, 15) is 4.79 Å². The quantitative estimate of drug-likeness (QED) is 0.906. The van der Waals surface area contributed by atoms with Crippen LogP contribution in [0.3, 0.4) is 0 Å². The summed E-state index contributed by atoms with van der Waals surface area (Å²) in [4.78, 5) is 15.1. The van der Waals surface area contributed by atoms with Crippen LogP contribution in [0.1, 0.15) is 30.4 Å². The fourth-order valence-corrected chi connectivity index (χ4v) is 3.64. The average Bonchev–Trinajstić information content (AvgIpc) is 3.21. The number of likely N-dealkylation sites (tertiary alicyclic amines) is 1. The Hall–Kier alpha value is -1.55. The summed E-state index contributed by atoms with van der Waals surface area (Å²) in [5, 5.41) is 3.22. The molecule has 1 aliphatic heterocycles. The van der Waals surface area contributed by atoms with E-state index >= 15 is 0 Å². The molecular formula is C18H26N2O2. The first-order valence-electron chi connectivity index (χ1n) is 8.20. The molecule has 2 aliphatic rings.